The van der Waals surface area contributed by atoms with E-state index in [0.29, 0.717) is 6.54 Å². The smallest absolute Gasteiger partial charge is 0.239 e. The molecule has 0 bridgehead atoms. The molecule has 0 saturated heterocycles. The van der Waals surface area contributed by atoms with E-state index in [9.17, 15) is 4.79 Å². The number of benzene rings is 2. The zero-order valence-electron chi connectivity index (χ0n) is 14.0. The van der Waals surface area contributed by atoms with Gasteiger partial charge in [0.2, 0.25) is 5.91 Å². The molecule has 122 valence electrons. The maximum atomic E-state index is 12.0. The van der Waals surface area contributed by atoms with Gasteiger partial charge in [0, 0.05) is 12.2 Å². The van der Waals surface area contributed by atoms with E-state index in [1.165, 1.54) is 5.56 Å². The normalized spacial score (nSPS) is 10.2. The molecule has 0 atom stereocenters. The Kier molecular flexibility index (Phi) is 6.03. The molecule has 4 nitrogen and oxygen atoms in total. The van der Waals surface area contributed by atoms with Crippen molar-refractivity contribution in [2.24, 2.45) is 0 Å². The van der Waals surface area contributed by atoms with Gasteiger partial charge in [-0.15, -0.1) is 0 Å². The fourth-order valence-corrected chi connectivity index (χ4v) is 2.41. The third-order valence-electron chi connectivity index (χ3n) is 3.74. The monoisotopic (exact) mass is 312 g/mol. The first-order valence-corrected chi connectivity index (χ1v) is 7.80. The molecule has 0 spiro atoms. The second-order valence-corrected chi connectivity index (χ2v) is 5.58. The summed E-state index contributed by atoms with van der Waals surface area (Å²) in [6.45, 7) is 4.93. The first-order chi connectivity index (χ1) is 11.1. The van der Waals surface area contributed by atoms with Crippen LogP contribution >= 0.6 is 0 Å². The number of rotatable bonds is 7. The predicted molar refractivity (Wildman–Crippen MR) is 94.1 cm³/mol. The van der Waals surface area contributed by atoms with Crippen molar-refractivity contribution in [3.63, 3.8) is 0 Å². The number of amides is 1. The van der Waals surface area contributed by atoms with Gasteiger partial charge in [-0.25, -0.2) is 0 Å². The Hall–Kier alpha value is -2.49. The Morgan fingerprint density at radius 1 is 1.13 bits per heavy atom. The lowest BCUT2D eigenvalue weighted by atomic mass is 10.1. The highest BCUT2D eigenvalue weighted by Crippen LogP contribution is 2.17. The number of anilines is 1. The van der Waals surface area contributed by atoms with Crippen molar-refractivity contribution in [3.05, 3.63) is 59.2 Å². The van der Waals surface area contributed by atoms with Crippen LogP contribution in [0.2, 0.25) is 0 Å². The van der Waals surface area contributed by atoms with E-state index in [-0.39, 0.29) is 12.5 Å². The van der Waals surface area contributed by atoms with Gasteiger partial charge in [0.1, 0.15) is 5.75 Å². The minimum Gasteiger partial charge on any atom is -0.496 e. The van der Waals surface area contributed by atoms with Crippen molar-refractivity contribution in [1.29, 1.82) is 0 Å². The van der Waals surface area contributed by atoms with Crippen molar-refractivity contribution in [3.8, 4) is 5.75 Å². The lowest BCUT2D eigenvalue weighted by Gasteiger charge is -2.11. The molecule has 1 amide bonds. The second kappa shape index (κ2) is 8.22. The molecule has 23 heavy (non-hydrogen) atoms. The largest absolute Gasteiger partial charge is 0.496 e. The zero-order valence-corrected chi connectivity index (χ0v) is 14.0. The molecule has 2 rings (SSSR count). The van der Waals surface area contributed by atoms with Gasteiger partial charge in [-0.3, -0.25) is 4.79 Å². The number of nitrogens with one attached hydrogen (secondary N) is 2. The van der Waals surface area contributed by atoms with Crippen LogP contribution < -0.4 is 15.4 Å². The summed E-state index contributed by atoms with van der Waals surface area (Å²) in [4.78, 5) is 12.0. The molecule has 0 aromatic heterocycles. The maximum Gasteiger partial charge on any atom is 0.239 e. The number of carbonyl (C=O) groups excluding carboxylic acids is 1. The van der Waals surface area contributed by atoms with Gasteiger partial charge in [0.25, 0.3) is 0 Å². The molecule has 0 saturated carbocycles. The fraction of sp³-hybridized carbons (Fsp3) is 0.316. The van der Waals surface area contributed by atoms with Gasteiger partial charge in [0.15, 0.2) is 0 Å². The molecule has 0 aliphatic carbocycles. The molecule has 0 radical (unpaired) electrons. The first-order valence-electron chi connectivity index (χ1n) is 7.80. The highest BCUT2D eigenvalue weighted by atomic mass is 16.5. The van der Waals surface area contributed by atoms with Crippen molar-refractivity contribution < 1.29 is 9.53 Å². The van der Waals surface area contributed by atoms with Crippen LogP contribution in [0.25, 0.3) is 0 Å². The van der Waals surface area contributed by atoms with Crippen molar-refractivity contribution in [2.45, 2.75) is 20.3 Å². The van der Waals surface area contributed by atoms with Crippen molar-refractivity contribution in [1.82, 2.24) is 5.32 Å². The fourth-order valence-electron chi connectivity index (χ4n) is 2.41. The number of hydrogen-bond acceptors (Lipinski definition) is 3. The maximum absolute atomic E-state index is 12.0. The molecule has 0 heterocycles. The average molecular weight is 312 g/mol. The molecule has 0 unspecified atom stereocenters. The Balaban J connectivity index is 1.78. The van der Waals surface area contributed by atoms with E-state index in [2.05, 4.69) is 28.8 Å². The standard InChI is InChI=1S/C19H24N2O2/c1-14-8-9-15(2)17(12-14)21-13-19(22)20-11-10-16-6-4-5-7-18(16)23-3/h4-9,12,21H,10-11,13H2,1-3H3,(H,20,22). The Morgan fingerprint density at radius 2 is 1.91 bits per heavy atom. The summed E-state index contributed by atoms with van der Waals surface area (Å²) in [7, 11) is 1.66. The van der Waals surface area contributed by atoms with E-state index in [1.54, 1.807) is 7.11 Å². The summed E-state index contributed by atoms with van der Waals surface area (Å²) in [5, 5.41) is 6.12. The van der Waals surface area contributed by atoms with E-state index in [0.717, 1.165) is 29.0 Å². The first kappa shape index (κ1) is 16.9. The minimum absolute atomic E-state index is 0.0131. The van der Waals surface area contributed by atoms with Crippen molar-refractivity contribution in [2.75, 3.05) is 25.5 Å². The van der Waals surface area contributed by atoms with Crippen LogP contribution in [-0.2, 0) is 11.2 Å². The van der Waals surface area contributed by atoms with Gasteiger partial charge >= 0.3 is 0 Å². The van der Waals surface area contributed by atoms with Gasteiger partial charge in [0.05, 0.1) is 13.7 Å². The van der Waals surface area contributed by atoms with Crippen LogP contribution in [0.1, 0.15) is 16.7 Å². The highest BCUT2D eigenvalue weighted by Gasteiger charge is 2.05. The van der Waals surface area contributed by atoms with E-state index in [1.807, 2.05) is 38.1 Å². The van der Waals surface area contributed by atoms with Gasteiger partial charge in [-0.2, -0.15) is 0 Å². The third-order valence-corrected chi connectivity index (χ3v) is 3.74. The topological polar surface area (TPSA) is 50.4 Å². The molecular formula is C19H24N2O2. The molecule has 2 aromatic carbocycles. The van der Waals surface area contributed by atoms with Gasteiger partial charge < -0.3 is 15.4 Å². The number of methoxy groups -OCH3 is 1. The zero-order chi connectivity index (χ0) is 16.7. The molecule has 0 aliphatic rings. The summed E-state index contributed by atoms with van der Waals surface area (Å²) in [5.74, 6) is 0.844. The Morgan fingerprint density at radius 3 is 2.70 bits per heavy atom. The lowest BCUT2D eigenvalue weighted by Crippen LogP contribution is -2.31. The quantitative estimate of drug-likeness (QED) is 0.826. The summed E-state index contributed by atoms with van der Waals surface area (Å²) in [5.41, 5.74) is 4.41. The SMILES string of the molecule is COc1ccccc1CCNC(=O)CNc1cc(C)ccc1C. The predicted octanol–water partition coefficient (Wildman–Crippen LogP) is 3.08. The lowest BCUT2D eigenvalue weighted by molar-refractivity contribution is -0.119. The van der Waals surface area contributed by atoms with Gasteiger partial charge in [-0.05, 0) is 49.1 Å². The van der Waals surface area contributed by atoms with Crippen LogP contribution in [0.5, 0.6) is 5.75 Å². The Bertz CT molecular complexity index is 668. The number of para-hydroxylation sites is 1. The van der Waals surface area contributed by atoms with Crippen molar-refractivity contribution >= 4 is 11.6 Å². The van der Waals surface area contributed by atoms with Crippen LogP contribution in [-0.4, -0.2) is 26.1 Å². The Labute approximate surface area is 137 Å². The molecule has 0 aliphatic heterocycles. The average Bonchev–Trinajstić information content (AvgIpc) is 2.56. The number of aryl methyl sites for hydroxylation is 2. The minimum atomic E-state index is -0.0131. The van der Waals surface area contributed by atoms with E-state index in [4.69, 9.17) is 4.74 Å². The number of carbonyl (C=O) groups is 1. The van der Waals surface area contributed by atoms with Crippen LogP contribution in [0.15, 0.2) is 42.5 Å². The molecule has 2 aromatic rings. The van der Waals surface area contributed by atoms with Crippen LogP contribution in [0, 0.1) is 13.8 Å². The number of hydrogen-bond donors (Lipinski definition) is 2. The van der Waals surface area contributed by atoms with E-state index < -0.39 is 0 Å². The molecular weight excluding hydrogens is 288 g/mol. The molecule has 2 N–H and O–H groups in total. The summed E-state index contributed by atoms with van der Waals surface area (Å²) in [6, 6.07) is 14.0. The molecule has 0 fully saturated rings. The summed E-state index contributed by atoms with van der Waals surface area (Å²) >= 11 is 0. The van der Waals surface area contributed by atoms with Gasteiger partial charge in [-0.1, -0.05) is 30.3 Å². The number of ether oxygens (including phenoxy) is 1. The highest BCUT2D eigenvalue weighted by molar-refractivity contribution is 5.81. The third kappa shape index (κ3) is 5.02. The second-order valence-electron chi connectivity index (χ2n) is 5.58. The summed E-state index contributed by atoms with van der Waals surface area (Å²) < 4.78 is 5.31. The van der Waals surface area contributed by atoms with Crippen LogP contribution in [0.4, 0.5) is 5.69 Å². The summed E-state index contributed by atoms with van der Waals surface area (Å²) in [6.07, 6.45) is 0.749. The van der Waals surface area contributed by atoms with E-state index >= 15 is 0 Å². The molecule has 4 heteroatoms. The van der Waals surface area contributed by atoms with Crippen LogP contribution in [0.3, 0.4) is 0 Å².